The lowest BCUT2D eigenvalue weighted by Crippen LogP contribution is -2.42. The van der Waals surface area contributed by atoms with Gasteiger partial charge in [0, 0.05) is 38.6 Å². The molecule has 1 rings (SSSR count). The van der Waals surface area contributed by atoms with Gasteiger partial charge in [0.2, 0.25) is 0 Å². The third-order valence-electron chi connectivity index (χ3n) is 2.44. The maximum absolute atomic E-state index is 4.16. The molecule has 5 nitrogen and oxygen atoms in total. The minimum Gasteiger partial charge on any atom is -0.355 e. The molecule has 17 heavy (non-hydrogen) atoms. The molecule has 0 aliphatic rings. The summed E-state index contributed by atoms with van der Waals surface area (Å²) in [6.45, 7) is 6.02. The smallest absolute Gasteiger partial charge is 0.191 e. The second-order valence-electron chi connectivity index (χ2n) is 3.75. The van der Waals surface area contributed by atoms with Gasteiger partial charge in [0.1, 0.15) is 0 Å². The normalized spacial score (nSPS) is 12.8. The molecule has 0 aromatic carbocycles. The highest BCUT2D eigenvalue weighted by Crippen LogP contribution is 1.87. The zero-order valence-corrected chi connectivity index (χ0v) is 13.0. The van der Waals surface area contributed by atoms with Crippen molar-refractivity contribution in [3.8, 4) is 0 Å². The van der Waals surface area contributed by atoms with E-state index in [9.17, 15) is 0 Å². The standard InChI is InChI=1S/C11H21N5.HI/c1-4-10(2)15-11(12-3)14-6-8-16-7-5-13-9-16;/h5,7,9-10H,4,6,8H2,1-3H3,(H2,12,14,15);1H. The van der Waals surface area contributed by atoms with Crippen LogP contribution in [0.25, 0.3) is 0 Å². The molecule has 1 aromatic heterocycles. The van der Waals surface area contributed by atoms with E-state index in [1.807, 2.05) is 17.1 Å². The van der Waals surface area contributed by atoms with Crippen LogP contribution in [0.15, 0.2) is 23.7 Å². The highest BCUT2D eigenvalue weighted by molar-refractivity contribution is 14.0. The highest BCUT2D eigenvalue weighted by Gasteiger charge is 2.01. The van der Waals surface area contributed by atoms with E-state index in [0.29, 0.717) is 6.04 Å². The van der Waals surface area contributed by atoms with Gasteiger partial charge < -0.3 is 15.2 Å². The zero-order chi connectivity index (χ0) is 11.8. The average molecular weight is 351 g/mol. The topological polar surface area (TPSA) is 54.2 Å². The third-order valence-corrected chi connectivity index (χ3v) is 2.44. The van der Waals surface area contributed by atoms with Gasteiger partial charge in [-0.2, -0.15) is 0 Å². The number of hydrogen-bond donors (Lipinski definition) is 2. The molecule has 0 aliphatic carbocycles. The van der Waals surface area contributed by atoms with E-state index in [1.54, 1.807) is 13.2 Å². The Bertz CT molecular complexity index is 310. The fraction of sp³-hybridized carbons (Fsp3) is 0.636. The van der Waals surface area contributed by atoms with Crippen molar-refractivity contribution in [2.45, 2.75) is 32.9 Å². The Kier molecular flexibility index (Phi) is 8.83. The molecule has 1 unspecified atom stereocenters. The van der Waals surface area contributed by atoms with Crippen LogP contribution in [0.4, 0.5) is 0 Å². The van der Waals surface area contributed by atoms with Gasteiger partial charge in [-0.25, -0.2) is 4.98 Å². The number of aliphatic imine (C=N–C) groups is 1. The molecule has 1 aromatic rings. The summed E-state index contributed by atoms with van der Waals surface area (Å²) >= 11 is 0. The summed E-state index contributed by atoms with van der Waals surface area (Å²) in [6, 6.07) is 0.444. The molecule has 0 fully saturated rings. The predicted octanol–water partition coefficient (Wildman–Crippen LogP) is 1.46. The van der Waals surface area contributed by atoms with Gasteiger partial charge >= 0.3 is 0 Å². The quantitative estimate of drug-likeness (QED) is 0.480. The molecular weight excluding hydrogens is 329 g/mol. The Morgan fingerprint density at radius 2 is 2.29 bits per heavy atom. The lowest BCUT2D eigenvalue weighted by molar-refractivity contribution is 0.609. The van der Waals surface area contributed by atoms with Crippen LogP contribution in [0.5, 0.6) is 0 Å². The Morgan fingerprint density at radius 1 is 1.53 bits per heavy atom. The van der Waals surface area contributed by atoms with E-state index in [0.717, 1.165) is 25.5 Å². The summed E-state index contributed by atoms with van der Waals surface area (Å²) in [5.74, 6) is 0.856. The third kappa shape index (κ3) is 6.50. The molecule has 2 N–H and O–H groups in total. The Hall–Kier alpha value is -0.790. The largest absolute Gasteiger partial charge is 0.355 e. The molecular formula is C11H22IN5. The second-order valence-corrected chi connectivity index (χ2v) is 3.75. The van der Waals surface area contributed by atoms with E-state index >= 15 is 0 Å². The van der Waals surface area contributed by atoms with Crippen LogP contribution < -0.4 is 10.6 Å². The number of imidazole rings is 1. The zero-order valence-electron chi connectivity index (χ0n) is 10.7. The molecule has 98 valence electrons. The first-order valence-corrected chi connectivity index (χ1v) is 5.69. The van der Waals surface area contributed by atoms with Crippen LogP contribution in [-0.4, -0.2) is 35.1 Å². The predicted molar refractivity (Wildman–Crippen MR) is 81.9 cm³/mol. The van der Waals surface area contributed by atoms with Crippen molar-refractivity contribution in [1.29, 1.82) is 0 Å². The van der Waals surface area contributed by atoms with Gasteiger partial charge in [0.05, 0.1) is 6.33 Å². The van der Waals surface area contributed by atoms with Crippen LogP contribution in [0.1, 0.15) is 20.3 Å². The molecule has 0 saturated heterocycles. The summed E-state index contributed by atoms with van der Waals surface area (Å²) in [5, 5.41) is 6.57. The van der Waals surface area contributed by atoms with Crippen LogP contribution in [0.3, 0.4) is 0 Å². The first-order chi connectivity index (χ1) is 7.76. The molecule has 0 bridgehead atoms. The molecule has 1 heterocycles. The fourth-order valence-electron chi connectivity index (χ4n) is 1.25. The maximum Gasteiger partial charge on any atom is 0.191 e. The molecule has 1 atom stereocenters. The van der Waals surface area contributed by atoms with Gasteiger partial charge in [0.25, 0.3) is 0 Å². The Labute approximate surface area is 120 Å². The molecule has 0 amide bonds. The highest BCUT2D eigenvalue weighted by atomic mass is 127. The number of halogens is 1. The number of nitrogens with zero attached hydrogens (tertiary/aromatic N) is 3. The molecule has 0 aliphatic heterocycles. The van der Waals surface area contributed by atoms with Crippen LogP contribution >= 0.6 is 24.0 Å². The van der Waals surface area contributed by atoms with Crippen molar-refractivity contribution >= 4 is 29.9 Å². The van der Waals surface area contributed by atoms with E-state index in [1.165, 1.54) is 0 Å². The summed E-state index contributed by atoms with van der Waals surface area (Å²) < 4.78 is 2.03. The van der Waals surface area contributed by atoms with Crippen molar-refractivity contribution in [2.75, 3.05) is 13.6 Å². The summed E-state index contributed by atoms with van der Waals surface area (Å²) in [5.41, 5.74) is 0. The molecule has 6 heteroatoms. The number of hydrogen-bond acceptors (Lipinski definition) is 2. The lowest BCUT2D eigenvalue weighted by atomic mass is 10.3. The molecule has 0 saturated carbocycles. The number of guanidine groups is 1. The summed E-state index contributed by atoms with van der Waals surface area (Å²) in [6.07, 6.45) is 6.63. The second kappa shape index (κ2) is 9.26. The minimum absolute atomic E-state index is 0. The summed E-state index contributed by atoms with van der Waals surface area (Å²) in [7, 11) is 1.79. The van der Waals surface area contributed by atoms with Crippen LogP contribution in [-0.2, 0) is 6.54 Å². The van der Waals surface area contributed by atoms with Gasteiger partial charge in [-0.15, -0.1) is 24.0 Å². The van der Waals surface area contributed by atoms with Gasteiger partial charge in [-0.1, -0.05) is 6.92 Å². The monoisotopic (exact) mass is 351 g/mol. The Balaban J connectivity index is 0.00000256. The van der Waals surface area contributed by atoms with Crippen LogP contribution in [0, 0.1) is 0 Å². The Morgan fingerprint density at radius 3 is 2.82 bits per heavy atom. The van der Waals surface area contributed by atoms with E-state index < -0.39 is 0 Å². The van der Waals surface area contributed by atoms with Crippen molar-refractivity contribution in [3.05, 3.63) is 18.7 Å². The number of aromatic nitrogens is 2. The van der Waals surface area contributed by atoms with Crippen molar-refractivity contribution in [1.82, 2.24) is 20.2 Å². The van der Waals surface area contributed by atoms with Crippen molar-refractivity contribution in [3.63, 3.8) is 0 Å². The minimum atomic E-state index is 0. The van der Waals surface area contributed by atoms with Crippen LogP contribution in [0.2, 0.25) is 0 Å². The first kappa shape index (κ1) is 16.2. The van der Waals surface area contributed by atoms with E-state index in [-0.39, 0.29) is 24.0 Å². The van der Waals surface area contributed by atoms with Gasteiger partial charge in [0.15, 0.2) is 5.96 Å². The maximum atomic E-state index is 4.16. The van der Waals surface area contributed by atoms with E-state index in [4.69, 9.17) is 0 Å². The summed E-state index contributed by atoms with van der Waals surface area (Å²) in [4.78, 5) is 8.16. The molecule has 0 spiro atoms. The van der Waals surface area contributed by atoms with E-state index in [2.05, 4.69) is 34.5 Å². The molecule has 0 radical (unpaired) electrons. The van der Waals surface area contributed by atoms with Gasteiger partial charge in [-0.3, -0.25) is 4.99 Å². The first-order valence-electron chi connectivity index (χ1n) is 5.69. The average Bonchev–Trinajstić information content (AvgIpc) is 2.80. The fourth-order valence-corrected chi connectivity index (χ4v) is 1.25. The lowest BCUT2D eigenvalue weighted by Gasteiger charge is -2.16. The number of nitrogens with one attached hydrogen (secondary N) is 2. The SMILES string of the molecule is CCC(C)NC(=NC)NCCn1ccnc1.I. The van der Waals surface area contributed by atoms with Crippen molar-refractivity contribution in [2.24, 2.45) is 4.99 Å². The van der Waals surface area contributed by atoms with Crippen molar-refractivity contribution < 1.29 is 0 Å². The number of rotatable bonds is 5. The van der Waals surface area contributed by atoms with Gasteiger partial charge in [-0.05, 0) is 13.3 Å².